The van der Waals surface area contributed by atoms with Crippen molar-refractivity contribution in [3.63, 3.8) is 0 Å². The van der Waals surface area contributed by atoms with Crippen molar-refractivity contribution in [2.75, 3.05) is 24.3 Å². The molecular weight excluding hydrogens is 416 g/mol. The van der Waals surface area contributed by atoms with E-state index in [1.54, 1.807) is 24.3 Å². The maximum atomic E-state index is 12.7. The lowest BCUT2D eigenvalue weighted by atomic mass is 10.1. The van der Waals surface area contributed by atoms with Crippen LogP contribution in [0.1, 0.15) is 21.5 Å². The number of carbonyl (C=O) groups is 1. The summed E-state index contributed by atoms with van der Waals surface area (Å²) in [6.07, 6.45) is 0. The Hall–Kier alpha value is -3.52. The molecule has 31 heavy (non-hydrogen) atoms. The molecule has 0 unspecified atom stereocenters. The third-order valence-corrected chi connectivity index (χ3v) is 6.08. The predicted octanol–water partition coefficient (Wildman–Crippen LogP) is 4.37. The van der Waals surface area contributed by atoms with E-state index < -0.39 is 10.0 Å². The normalized spacial score (nSPS) is 11.0. The summed E-state index contributed by atoms with van der Waals surface area (Å²) in [6.45, 7) is 3.79. The number of sulfonamides is 1. The molecule has 0 spiro atoms. The van der Waals surface area contributed by atoms with Crippen LogP contribution in [0.4, 0.5) is 11.4 Å². The molecule has 0 heterocycles. The van der Waals surface area contributed by atoms with Crippen molar-refractivity contribution in [1.82, 2.24) is 0 Å². The van der Waals surface area contributed by atoms with Crippen molar-refractivity contribution >= 4 is 27.3 Å². The van der Waals surface area contributed by atoms with Crippen LogP contribution in [0.3, 0.4) is 0 Å². The fraction of sp³-hybridized carbons (Fsp3) is 0.174. The Kier molecular flexibility index (Phi) is 6.50. The van der Waals surface area contributed by atoms with Gasteiger partial charge >= 0.3 is 0 Å². The van der Waals surface area contributed by atoms with Crippen molar-refractivity contribution in [2.24, 2.45) is 0 Å². The number of amides is 1. The highest BCUT2D eigenvalue weighted by molar-refractivity contribution is 7.92. The van der Waals surface area contributed by atoms with Crippen LogP contribution in [0.15, 0.2) is 65.6 Å². The topological polar surface area (TPSA) is 93.7 Å². The lowest BCUT2D eigenvalue weighted by Crippen LogP contribution is -2.15. The molecule has 0 saturated heterocycles. The van der Waals surface area contributed by atoms with E-state index in [4.69, 9.17) is 9.47 Å². The molecule has 2 N–H and O–H groups in total. The number of ether oxygens (including phenoxy) is 2. The molecule has 162 valence electrons. The zero-order valence-corrected chi connectivity index (χ0v) is 18.5. The minimum atomic E-state index is -3.76. The second-order valence-electron chi connectivity index (χ2n) is 6.97. The first kappa shape index (κ1) is 22.2. The van der Waals surface area contributed by atoms with Crippen molar-refractivity contribution in [3.8, 4) is 11.5 Å². The molecular formula is C23H24N2O5S. The molecule has 0 aliphatic heterocycles. The molecule has 7 nitrogen and oxygen atoms in total. The van der Waals surface area contributed by atoms with Crippen molar-refractivity contribution in [1.29, 1.82) is 0 Å². The molecule has 3 aromatic carbocycles. The Labute approximate surface area is 182 Å². The smallest absolute Gasteiger partial charge is 0.261 e. The Bertz CT molecular complexity index is 1210. The molecule has 0 bridgehead atoms. The van der Waals surface area contributed by atoms with Gasteiger partial charge in [0, 0.05) is 11.3 Å². The van der Waals surface area contributed by atoms with Gasteiger partial charge < -0.3 is 14.8 Å². The van der Waals surface area contributed by atoms with Gasteiger partial charge in [-0.1, -0.05) is 17.7 Å². The van der Waals surface area contributed by atoms with Crippen LogP contribution in [-0.2, 0) is 10.0 Å². The zero-order valence-electron chi connectivity index (χ0n) is 17.7. The molecule has 3 aromatic rings. The molecule has 0 aliphatic rings. The number of nitrogens with one attached hydrogen (secondary N) is 2. The minimum Gasteiger partial charge on any atom is -0.493 e. The number of benzene rings is 3. The van der Waals surface area contributed by atoms with E-state index in [1.165, 1.54) is 38.5 Å². The molecule has 0 aromatic heterocycles. The average molecular weight is 441 g/mol. The van der Waals surface area contributed by atoms with E-state index >= 15 is 0 Å². The highest BCUT2D eigenvalue weighted by Gasteiger charge is 2.16. The largest absolute Gasteiger partial charge is 0.493 e. The van der Waals surface area contributed by atoms with E-state index in [1.807, 2.05) is 26.0 Å². The van der Waals surface area contributed by atoms with Gasteiger partial charge in [-0.2, -0.15) is 0 Å². The van der Waals surface area contributed by atoms with Crippen LogP contribution in [0.5, 0.6) is 11.5 Å². The molecule has 0 aliphatic carbocycles. The van der Waals surface area contributed by atoms with Gasteiger partial charge in [0.15, 0.2) is 11.5 Å². The first-order valence-corrected chi connectivity index (χ1v) is 11.0. The number of carbonyl (C=O) groups excluding carboxylic acids is 1. The van der Waals surface area contributed by atoms with Gasteiger partial charge in [0.1, 0.15) is 0 Å². The predicted molar refractivity (Wildman–Crippen MR) is 121 cm³/mol. The maximum absolute atomic E-state index is 12.7. The van der Waals surface area contributed by atoms with E-state index in [2.05, 4.69) is 10.0 Å². The Balaban J connectivity index is 1.74. The van der Waals surface area contributed by atoms with Crippen LogP contribution in [0.2, 0.25) is 0 Å². The summed E-state index contributed by atoms with van der Waals surface area (Å²) in [6, 6.07) is 16.3. The molecule has 8 heteroatoms. The molecule has 0 fully saturated rings. The molecule has 0 atom stereocenters. The molecule has 3 rings (SSSR count). The van der Waals surface area contributed by atoms with E-state index in [0.29, 0.717) is 28.4 Å². The number of aryl methyl sites for hydroxylation is 2. The minimum absolute atomic E-state index is 0.0941. The Morgan fingerprint density at radius 1 is 0.839 bits per heavy atom. The van der Waals surface area contributed by atoms with E-state index in [0.717, 1.165) is 11.1 Å². The van der Waals surface area contributed by atoms with Gasteiger partial charge in [-0.3, -0.25) is 9.52 Å². The third-order valence-electron chi connectivity index (χ3n) is 4.69. The van der Waals surface area contributed by atoms with Gasteiger partial charge in [-0.05, 0) is 67.9 Å². The van der Waals surface area contributed by atoms with Crippen LogP contribution in [-0.4, -0.2) is 28.5 Å². The third kappa shape index (κ3) is 5.16. The van der Waals surface area contributed by atoms with E-state index in [9.17, 15) is 13.2 Å². The standard InChI is InChI=1S/C23H24N2O5S/c1-15-5-11-20(16(2)13-15)25-31(27,28)19-9-7-18(8-10-19)24-23(26)17-6-12-21(29-3)22(14-17)30-4/h5-14,25H,1-4H3,(H,24,26). The number of methoxy groups -OCH3 is 2. The monoisotopic (exact) mass is 440 g/mol. The number of anilines is 2. The summed E-state index contributed by atoms with van der Waals surface area (Å²) < 4.78 is 38.4. The second kappa shape index (κ2) is 9.09. The second-order valence-corrected chi connectivity index (χ2v) is 8.65. The lowest BCUT2D eigenvalue weighted by Gasteiger charge is -2.12. The maximum Gasteiger partial charge on any atom is 0.261 e. The average Bonchev–Trinajstić information content (AvgIpc) is 2.75. The zero-order chi connectivity index (χ0) is 22.6. The van der Waals surface area contributed by atoms with Gasteiger partial charge in [0.05, 0.1) is 24.8 Å². The number of hydrogen-bond acceptors (Lipinski definition) is 5. The molecule has 1 amide bonds. The summed E-state index contributed by atoms with van der Waals surface area (Å²) in [5, 5.41) is 2.74. The summed E-state index contributed by atoms with van der Waals surface area (Å²) >= 11 is 0. The lowest BCUT2D eigenvalue weighted by molar-refractivity contribution is 0.102. The fourth-order valence-electron chi connectivity index (χ4n) is 3.03. The molecule has 0 radical (unpaired) electrons. The number of rotatable bonds is 7. The van der Waals surface area contributed by atoms with Gasteiger partial charge in [-0.15, -0.1) is 0 Å². The Morgan fingerprint density at radius 3 is 2.13 bits per heavy atom. The van der Waals surface area contributed by atoms with E-state index in [-0.39, 0.29) is 10.8 Å². The summed E-state index contributed by atoms with van der Waals surface area (Å²) in [4.78, 5) is 12.6. The van der Waals surface area contributed by atoms with Gasteiger partial charge in [0.2, 0.25) is 0 Å². The summed E-state index contributed by atoms with van der Waals surface area (Å²) in [5.74, 6) is 0.601. The Morgan fingerprint density at radius 2 is 1.52 bits per heavy atom. The summed E-state index contributed by atoms with van der Waals surface area (Å²) in [7, 11) is -0.749. The first-order chi connectivity index (χ1) is 14.7. The van der Waals surface area contributed by atoms with Crippen molar-refractivity contribution in [2.45, 2.75) is 18.7 Å². The first-order valence-electron chi connectivity index (χ1n) is 9.47. The van der Waals surface area contributed by atoms with Crippen LogP contribution in [0, 0.1) is 13.8 Å². The van der Waals surface area contributed by atoms with Gasteiger partial charge in [-0.25, -0.2) is 8.42 Å². The van der Waals surface area contributed by atoms with Crippen molar-refractivity contribution < 1.29 is 22.7 Å². The highest BCUT2D eigenvalue weighted by atomic mass is 32.2. The quantitative estimate of drug-likeness (QED) is 0.569. The van der Waals surface area contributed by atoms with Crippen LogP contribution >= 0.6 is 0 Å². The molecule has 0 saturated carbocycles. The fourth-order valence-corrected chi connectivity index (χ4v) is 4.16. The van der Waals surface area contributed by atoms with Crippen molar-refractivity contribution in [3.05, 3.63) is 77.4 Å². The highest BCUT2D eigenvalue weighted by Crippen LogP contribution is 2.28. The van der Waals surface area contributed by atoms with Crippen LogP contribution < -0.4 is 19.5 Å². The number of hydrogen-bond donors (Lipinski definition) is 2. The summed E-state index contributed by atoms with van der Waals surface area (Å²) in [5.41, 5.74) is 3.25. The van der Waals surface area contributed by atoms with Crippen LogP contribution in [0.25, 0.3) is 0 Å². The van der Waals surface area contributed by atoms with Gasteiger partial charge in [0.25, 0.3) is 15.9 Å². The SMILES string of the molecule is COc1ccc(C(=O)Nc2ccc(S(=O)(=O)Nc3ccc(C)cc3C)cc2)cc1OC.